The van der Waals surface area contributed by atoms with Crippen molar-refractivity contribution in [2.24, 2.45) is 0 Å². The Bertz CT molecular complexity index is 729. The summed E-state index contributed by atoms with van der Waals surface area (Å²) in [6.07, 6.45) is 1.75. The molecule has 0 saturated carbocycles. The lowest BCUT2D eigenvalue weighted by atomic mass is 10.1. The van der Waals surface area contributed by atoms with Crippen LogP contribution in [0.1, 0.15) is 30.9 Å². The number of benzene rings is 1. The molecule has 1 fully saturated rings. The van der Waals surface area contributed by atoms with Crippen molar-refractivity contribution in [3.8, 4) is 0 Å². The number of sulfonamides is 1. The van der Waals surface area contributed by atoms with Crippen LogP contribution >= 0.6 is 0 Å². The lowest BCUT2D eigenvalue weighted by molar-refractivity contribution is -0.131. The molecule has 3 rings (SSSR count). The summed E-state index contributed by atoms with van der Waals surface area (Å²) in [5, 5.41) is 3.24. The topological polar surface area (TPSA) is 87.7 Å². The zero-order chi connectivity index (χ0) is 17.9. The second kappa shape index (κ2) is 7.82. The normalized spacial score (nSPS) is 19.8. The van der Waals surface area contributed by atoms with Crippen LogP contribution in [0.15, 0.2) is 23.1 Å². The maximum absolute atomic E-state index is 12.5. The first-order chi connectivity index (χ1) is 12.0. The zero-order valence-electron chi connectivity index (χ0n) is 14.5. The first-order valence-corrected chi connectivity index (χ1v) is 10.2. The van der Waals surface area contributed by atoms with Gasteiger partial charge in [0, 0.05) is 19.1 Å². The third kappa shape index (κ3) is 4.20. The third-order valence-electron chi connectivity index (χ3n) is 4.68. The van der Waals surface area contributed by atoms with Crippen molar-refractivity contribution in [3.63, 3.8) is 0 Å². The van der Waals surface area contributed by atoms with Gasteiger partial charge in [0.1, 0.15) is 0 Å². The summed E-state index contributed by atoms with van der Waals surface area (Å²) in [5.74, 6) is -0.177. The van der Waals surface area contributed by atoms with Gasteiger partial charge in [0.2, 0.25) is 15.9 Å². The number of carbonyl (C=O) groups is 1. The highest BCUT2D eigenvalue weighted by atomic mass is 32.2. The van der Waals surface area contributed by atoms with E-state index in [1.54, 1.807) is 23.1 Å². The Morgan fingerprint density at radius 2 is 2.16 bits per heavy atom. The molecular weight excluding hydrogens is 342 g/mol. The van der Waals surface area contributed by atoms with Gasteiger partial charge in [0.25, 0.3) is 0 Å². The van der Waals surface area contributed by atoms with Gasteiger partial charge in [-0.3, -0.25) is 4.79 Å². The van der Waals surface area contributed by atoms with Crippen molar-refractivity contribution in [3.05, 3.63) is 29.3 Å². The van der Waals surface area contributed by atoms with E-state index in [4.69, 9.17) is 4.74 Å². The molecule has 0 radical (unpaired) electrons. The maximum Gasteiger partial charge on any atom is 0.241 e. The van der Waals surface area contributed by atoms with Crippen LogP contribution in [0, 0.1) is 0 Å². The van der Waals surface area contributed by atoms with Crippen LogP contribution < -0.4 is 10.0 Å². The number of hydrogen-bond acceptors (Lipinski definition) is 5. The molecule has 1 unspecified atom stereocenters. The molecule has 1 aromatic rings. The molecule has 7 nitrogen and oxygen atoms in total. The molecule has 25 heavy (non-hydrogen) atoms. The number of carbonyl (C=O) groups excluding carboxylic acids is 1. The lowest BCUT2D eigenvalue weighted by Gasteiger charge is -2.28. The minimum Gasteiger partial charge on any atom is -0.372 e. The molecule has 1 amide bonds. The number of ether oxygens (including phenoxy) is 1. The van der Waals surface area contributed by atoms with E-state index in [1.165, 1.54) is 0 Å². The molecular formula is C17H25N3O4S. The SMILES string of the molecule is CCCN(C(=O)CNS(=O)(=O)c1ccc2c(c1)COC2)C1CCNC1. The number of rotatable bonds is 7. The van der Waals surface area contributed by atoms with Crippen LogP contribution in [0.4, 0.5) is 0 Å². The monoisotopic (exact) mass is 367 g/mol. The average Bonchev–Trinajstić information content (AvgIpc) is 3.28. The highest BCUT2D eigenvalue weighted by molar-refractivity contribution is 7.89. The fourth-order valence-electron chi connectivity index (χ4n) is 3.31. The average molecular weight is 367 g/mol. The predicted molar refractivity (Wildman–Crippen MR) is 93.4 cm³/mol. The molecule has 1 aromatic carbocycles. The summed E-state index contributed by atoms with van der Waals surface area (Å²) >= 11 is 0. The summed E-state index contributed by atoms with van der Waals surface area (Å²) in [4.78, 5) is 14.5. The van der Waals surface area contributed by atoms with Crippen molar-refractivity contribution in [1.29, 1.82) is 0 Å². The van der Waals surface area contributed by atoms with Gasteiger partial charge in [0.15, 0.2) is 0 Å². The molecule has 2 N–H and O–H groups in total. The maximum atomic E-state index is 12.5. The standard InChI is InChI=1S/C17H25N3O4S/c1-2-7-20(15-5-6-18-9-15)17(21)10-19-25(22,23)16-4-3-13-11-24-12-14(13)8-16/h3-4,8,15,18-19H,2,5-7,9-12H2,1H3. The smallest absolute Gasteiger partial charge is 0.241 e. The number of hydrogen-bond donors (Lipinski definition) is 2. The van der Waals surface area contributed by atoms with Crippen LogP contribution in [-0.2, 0) is 32.8 Å². The van der Waals surface area contributed by atoms with E-state index in [-0.39, 0.29) is 23.4 Å². The van der Waals surface area contributed by atoms with Crippen LogP contribution in [0.25, 0.3) is 0 Å². The fraction of sp³-hybridized carbons (Fsp3) is 0.588. The first-order valence-electron chi connectivity index (χ1n) is 8.70. The Morgan fingerprint density at radius 3 is 2.88 bits per heavy atom. The molecule has 2 heterocycles. The quantitative estimate of drug-likeness (QED) is 0.737. The van der Waals surface area contributed by atoms with Crippen molar-refractivity contribution in [2.45, 2.75) is 43.9 Å². The molecule has 1 saturated heterocycles. The molecule has 0 aliphatic carbocycles. The van der Waals surface area contributed by atoms with Gasteiger partial charge in [-0.1, -0.05) is 13.0 Å². The van der Waals surface area contributed by atoms with Gasteiger partial charge in [-0.15, -0.1) is 0 Å². The molecule has 2 aliphatic heterocycles. The summed E-state index contributed by atoms with van der Waals surface area (Å²) in [7, 11) is -3.72. The van der Waals surface area contributed by atoms with E-state index < -0.39 is 10.0 Å². The molecule has 0 bridgehead atoms. The number of nitrogens with one attached hydrogen (secondary N) is 2. The predicted octanol–water partition coefficient (Wildman–Crippen LogP) is 0.596. The van der Waals surface area contributed by atoms with Crippen molar-refractivity contribution >= 4 is 15.9 Å². The summed E-state index contributed by atoms with van der Waals surface area (Å²) in [6, 6.07) is 5.10. The van der Waals surface area contributed by atoms with Crippen molar-refractivity contribution < 1.29 is 17.9 Å². The van der Waals surface area contributed by atoms with Crippen molar-refractivity contribution in [1.82, 2.24) is 14.9 Å². The molecule has 138 valence electrons. The van der Waals surface area contributed by atoms with Gasteiger partial charge >= 0.3 is 0 Å². The second-order valence-electron chi connectivity index (χ2n) is 6.48. The van der Waals surface area contributed by atoms with Crippen molar-refractivity contribution in [2.75, 3.05) is 26.2 Å². The lowest BCUT2D eigenvalue weighted by Crippen LogP contribution is -2.46. The Kier molecular flexibility index (Phi) is 5.73. The van der Waals surface area contributed by atoms with Crippen LogP contribution in [0.5, 0.6) is 0 Å². The van der Waals surface area contributed by atoms with Gasteiger partial charge in [-0.05, 0) is 42.6 Å². The summed E-state index contributed by atoms with van der Waals surface area (Å²) < 4.78 is 32.8. The molecule has 2 aliphatic rings. The molecule has 0 spiro atoms. The third-order valence-corrected chi connectivity index (χ3v) is 6.08. The van der Waals surface area contributed by atoms with Crippen LogP contribution in [0.2, 0.25) is 0 Å². The van der Waals surface area contributed by atoms with E-state index >= 15 is 0 Å². The number of nitrogens with zero attached hydrogens (tertiary/aromatic N) is 1. The Balaban J connectivity index is 1.65. The highest BCUT2D eigenvalue weighted by Gasteiger charge is 2.27. The Labute approximate surface area is 148 Å². The Hall–Kier alpha value is -1.48. The minimum atomic E-state index is -3.72. The molecule has 8 heteroatoms. The zero-order valence-corrected chi connectivity index (χ0v) is 15.3. The number of amides is 1. The summed E-state index contributed by atoms with van der Waals surface area (Å²) in [6.45, 7) is 5.04. The van der Waals surface area contributed by atoms with Gasteiger partial charge in [0.05, 0.1) is 24.7 Å². The van der Waals surface area contributed by atoms with E-state index in [0.29, 0.717) is 19.8 Å². The van der Waals surface area contributed by atoms with E-state index in [1.807, 2.05) is 6.92 Å². The van der Waals surface area contributed by atoms with Gasteiger partial charge in [-0.25, -0.2) is 13.1 Å². The fourth-order valence-corrected chi connectivity index (χ4v) is 4.34. The van der Waals surface area contributed by atoms with Gasteiger partial charge < -0.3 is 15.0 Å². The van der Waals surface area contributed by atoms with E-state index in [2.05, 4.69) is 10.0 Å². The largest absolute Gasteiger partial charge is 0.372 e. The molecule has 0 aromatic heterocycles. The Morgan fingerprint density at radius 1 is 1.36 bits per heavy atom. The number of fused-ring (bicyclic) bond motifs is 1. The van der Waals surface area contributed by atoms with E-state index in [0.717, 1.165) is 37.1 Å². The first kappa shape index (κ1) is 18.3. The van der Waals surface area contributed by atoms with E-state index in [9.17, 15) is 13.2 Å². The van der Waals surface area contributed by atoms with Crippen LogP contribution in [-0.4, -0.2) is 51.4 Å². The minimum absolute atomic E-state index is 0.147. The summed E-state index contributed by atoms with van der Waals surface area (Å²) in [5.41, 5.74) is 1.90. The second-order valence-corrected chi connectivity index (χ2v) is 8.25. The molecule has 1 atom stereocenters. The van der Waals surface area contributed by atoms with Gasteiger partial charge in [-0.2, -0.15) is 0 Å². The highest BCUT2D eigenvalue weighted by Crippen LogP contribution is 2.23. The van der Waals surface area contributed by atoms with Crippen LogP contribution in [0.3, 0.4) is 0 Å².